The van der Waals surface area contributed by atoms with Gasteiger partial charge in [0.15, 0.2) is 24.1 Å². The Hall–Kier alpha value is -7.80. The number of carboxylic acid groups (broad SMARTS) is 1. The van der Waals surface area contributed by atoms with Gasteiger partial charge in [0.25, 0.3) is 0 Å². The first kappa shape index (κ1) is 86.2. The van der Waals surface area contributed by atoms with Crippen molar-refractivity contribution in [1.82, 2.24) is 0 Å². The molecule has 0 aromatic heterocycles. The van der Waals surface area contributed by atoms with Crippen molar-refractivity contribution in [3.8, 4) is 0 Å². The smallest absolute Gasteiger partial charge is 0.338 e. The molecule has 10 atom stereocenters. The predicted octanol–water partition coefficient (Wildman–Crippen LogP) is 11.7. The summed E-state index contributed by atoms with van der Waals surface area (Å²) in [6.07, 6.45) is 2.68. The summed E-state index contributed by atoms with van der Waals surface area (Å²) in [5.74, 6) is -1.08. The Labute approximate surface area is 568 Å². The van der Waals surface area contributed by atoms with Crippen LogP contribution in [-0.4, -0.2) is 161 Å². The highest BCUT2D eigenvalue weighted by molar-refractivity contribution is 5.95. The zero-order valence-electron chi connectivity index (χ0n) is 58.2. The molecule has 0 spiro atoms. The van der Waals surface area contributed by atoms with E-state index in [9.17, 15) is 54.3 Å². The van der Waals surface area contributed by atoms with E-state index in [2.05, 4.69) is 69.7 Å². The molecule has 7 rings (SSSR count). The second-order valence-corrected chi connectivity index (χ2v) is 23.2. The summed E-state index contributed by atoms with van der Waals surface area (Å²) in [7, 11) is 0. The molecule has 0 saturated carbocycles. The molecule has 2 aliphatic heterocycles. The zero-order valence-corrected chi connectivity index (χ0v) is 58.2. The number of Topliss-reactive ketones (excluding diaryl/α,β-unsaturated/α-hetero) is 2. The van der Waals surface area contributed by atoms with Gasteiger partial charge in [-0.1, -0.05) is 81.6 Å². The van der Waals surface area contributed by atoms with E-state index in [-0.39, 0.29) is 48.7 Å². The van der Waals surface area contributed by atoms with Crippen molar-refractivity contribution in [1.29, 1.82) is 0 Å². The summed E-state index contributed by atoms with van der Waals surface area (Å²) in [4.78, 5) is 65.8. The molecule has 534 valence electrons. The molecule has 96 heavy (non-hydrogen) atoms. The number of carbonyl (C=O) groups is 6. The molecule has 22 heteroatoms. The molecule has 13 N–H and O–H groups in total. The van der Waals surface area contributed by atoms with E-state index in [1.165, 1.54) is 6.92 Å². The molecule has 2 heterocycles. The van der Waals surface area contributed by atoms with Crippen molar-refractivity contribution in [3.05, 3.63) is 149 Å². The number of aliphatic hydroxyl groups excluding tert-OH is 6. The quantitative estimate of drug-likeness (QED) is 0.00764. The van der Waals surface area contributed by atoms with Crippen molar-refractivity contribution in [2.75, 3.05) is 73.0 Å². The largest absolute Gasteiger partial charge is 0.478 e. The van der Waals surface area contributed by atoms with E-state index in [0.29, 0.717) is 46.9 Å². The number of aromatic carboxylic acids is 1. The number of rotatable bonds is 27. The summed E-state index contributed by atoms with van der Waals surface area (Å²) < 4.78 is 21.0. The number of aldehydes is 1. The van der Waals surface area contributed by atoms with Crippen LogP contribution >= 0.6 is 0 Å². The third kappa shape index (κ3) is 34.7. The molecule has 4 unspecified atom stereocenters. The molecule has 5 aromatic rings. The number of nitrogen functional groups attached to an aromatic ring is 1. The Balaban J connectivity index is 0.000000600. The lowest BCUT2D eigenvalue weighted by Gasteiger charge is -2.41. The van der Waals surface area contributed by atoms with Crippen molar-refractivity contribution in [2.24, 2.45) is 17.8 Å². The van der Waals surface area contributed by atoms with Gasteiger partial charge in [-0.3, -0.25) is 9.59 Å². The van der Waals surface area contributed by atoms with E-state index in [1.807, 2.05) is 50.2 Å². The average Bonchev–Trinajstić information content (AvgIpc) is 0.871. The number of hydrogen-bond donors (Lipinski definition) is 12. The van der Waals surface area contributed by atoms with Crippen LogP contribution in [-0.2, 0) is 23.7 Å². The van der Waals surface area contributed by atoms with Gasteiger partial charge < -0.3 is 86.5 Å². The SMILES string of the molecule is CC(=O)c1ccc(N)cc1.CCCC=O.CCCCNc1ccc(C(=O)OCC2O[C@H](O)C(C)[C@@H](C)[C@@H]2C)cc1.CCCCNc1ccc(C(=O)OCC2O[C@H](O)C(O)[C@@H](O)[C@@H]2O)cc1.CCCCO.CCCNc1ccc(C(=O)O)cc1.CCCNc1ccc(C(C)=O)cc1. The van der Waals surface area contributed by atoms with Crippen molar-refractivity contribution < 1.29 is 83.5 Å². The highest BCUT2D eigenvalue weighted by Crippen LogP contribution is 2.34. The van der Waals surface area contributed by atoms with Gasteiger partial charge in [-0.25, -0.2) is 14.4 Å². The van der Waals surface area contributed by atoms with Crippen LogP contribution in [0.15, 0.2) is 121 Å². The van der Waals surface area contributed by atoms with Gasteiger partial charge in [0.2, 0.25) is 0 Å². The minimum atomic E-state index is -1.66. The van der Waals surface area contributed by atoms with Gasteiger partial charge in [0.05, 0.1) is 22.8 Å². The highest BCUT2D eigenvalue weighted by Gasteiger charge is 2.43. The van der Waals surface area contributed by atoms with Crippen molar-refractivity contribution >= 4 is 64.2 Å². The van der Waals surface area contributed by atoms with E-state index in [1.54, 1.807) is 91.9 Å². The lowest BCUT2D eigenvalue weighted by atomic mass is 9.79. The van der Waals surface area contributed by atoms with Crippen LogP contribution in [0.4, 0.5) is 28.4 Å². The summed E-state index contributed by atoms with van der Waals surface area (Å²) in [5.41, 5.74) is 12.7. The number of benzene rings is 5. The first-order chi connectivity index (χ1) is 45.9. The fourth-order valence-electron chi connectivity index (χ4n) is 8.60. The van der Waals surface area contributed by atoms with E-state index < -0.39 is 48.9 Å². The monoisotopic (exact) mass is 1340 g/mol. The number of nitrogens with two attached hydrogens (primary N) is 1. The summed E-state index contributed by atoms with van der Waals surface area (Å²) in [5, 5.41) is 77.9. The predicted molar refractivity (Wildman–Crippen MR) is 379 cm³/mol. The highest BCUT2D eigenvalue weighted by atomic mass is 16.7. The zero-order chi connectivity index (χ0) is 72.0. The fraction of sp³-hybridized carbons (Fsp3) is 0.514. The third-order valence-corrected chi connectivity index (χ3v) is 15.2. The van der Waals surface area contributed by atoms with Gasteiger partial charge >= 0.3 is 17.9 Å². The molecule has 2 fully saturated rings. The van der Waals surface area contributed by atoms with E-state index in [4.69, 9.17) is 34.9 Å². The second kappa shape index (κ2) is 50.6. The lowest BCUT2D eigenvalue weighted by molar-refractivity contribution is -0.286. The maximum Gasteiger partial charge on any atom is 0.338 e. The molecule has 0 bridgehead atoms. The Bertz CT molecular complexity index is 2740. The van der Waals surface area contributed by atoms with Gasteiger partial charge in [-0.05, 0) is 186 Å². The number of aliphatic hydroxyl groups is 6. The Kier molecular flexibility index (Phi) is 45.4. The topological polar surface area (TPSA) is 355 Å². The van der Waals surface area contributed by atoms with Crippen LogP contribution in [0.2, 0.25) is 0 Å². The van der Waals surface area contributed by atoms with Gasteiger partial charge in [0, 0.05) is 84.7 Å². The first-order valence-corrected chi connectivity index (χ1v) is 33.4. The summed E-state index contributed by atoms with van der Waals surface area (Å²) in [6, 6.07) is 35.3. The minimum absolute atomic E-state index is 0.0694. The molecule has 0 aliphatic carbocycles. The van der Waals surface area contributed by atoms with Crippen LogP contribution in [0.3, 0.4) is 0 Å². The minimum Gasteiger partial charge on any atom is -0.478 e. The second-order valence-electron chi connectivity index (χ2n) is 23.2. The van der Waals surface area contributed by atoms with Crippen LogP contribution in [0.5, 0.6) is 0 Å². The van der Waals surface area contributed by atoms with Crippen LogP contribution in [0.1, 0.15) is 192 Å². The van der Waals surface area contributed by atoms with Gasteiger partial charge in [-0.2, -0.15) is 0 Å². The number of carbonyl (C=O) groups excluding carboxylic acids is 5. The van der Waals surface area contributed by atoms with Gasteiger partial charge in [-0.15, -0.1) is 0 Å². The molecule has 0 radical (unpaired) electrons. The number of hydrogen-bond acceptors (Lipinski definition) is 21. The molecular formula is C74H111N5O17. The first-order valence-electron chi connectivity index (χ1n) is 33.4. The number of nitrogens with one attached hydrogen (secondary N) is 4. The number of ketones is 2. The normalized spacial score (nSPS) is 19.6. The maximum atomic E-state index is 12.2. The molecule has 0 amide bonds. The summed E-state index contributed by atoms with van der Waals surface area (Å²) in [6.45, 7) is 25.5. The number of ether oxygens (including phenoxy) is 4. The van der Waals surface area contributed by atoms with Crippen LogP contribution in [0, 0.1) is 17.8 Å². The Morgan fingerprint density at radius 2 is 0.812 bits per heavy atom. The van der Waals surface area contributed by atoms with Crippen molar-refractivity contribution in [3.63, 3.8) is 0 Å². The number of anilines is 5. The average molecular weight is 1340 g/mol. The molecule has 2 aliphatic rings. The molecule has 22 nitrogen and oxygen atoms in total. The number of carboxylic acids is 1. The third-order valence-electron chi connectivity index (χ3n) is 15.2. The van der Waals surface area contributed by atoms with E-state index >= 15 is 0 Å². The maximum absolute atomic E-state index is 12.2. The molecular weight excluding hydrogens is 1230 g/mol. The fourth-order valence-corrected chi connectivity index (χ4v) is 8.60. The van der Waals surface area contributed by atoms with Crippen LogP contribution in [0.25, 0.3) is 0 Å². The molecule has 5 aromatic carbocycles. The Morgan fingerprint density at radius 1 is 0.448 bits per heavy atom. The number of unbranched alkanes of at least 4 members (excludes halogenated alkanes) is 4. The number of esters is 2. The van der Waals surface area contributed by atoms with Crippen LogP contribution < -0.4 is 27.0 Å². The standard InChI is InChI=1S/C20H31NO4.C17H25NO7.C11H15NO.C10H13NO2.C8H9NO.C4H10O.C4H8O/c1-5-6-11-21-17-9-7-16(8-10-17)20(23)24-12-18-14(3)13(2)15(4)19(22)25-18;1-2-3-8-18-11-6-4-10(5-7-11)16(22)24-9-12-13(19)14(20)15(21)17(23)25-12;1-3-8-12-11-6-4-10(5-7-11)9(2)13;1-2-7-11-9-5-3-8(4-6-9)10(12)13;1-6(10)7-2-4-8(9)5-3-7;2*1-2-3-4-5/h7-10,13-15,18-19,21-22H,5-6,11-12H2,1-4H3;4-7,12-15,17-21,23H,2-3,8-9H2,1H3;4-7,12H,3,8H2,1-2H3;3-6,11H,2,7H2,1H3,(H,12,13);2-5H,9H2,1H3;5H,2-4H2,1H3;4H,2-3H2,1H3/t13-,14-,15?,18?,19-;12?,13-,14+,15?,17+;;;;;/m01...../s1. The Morgan fingerprint density at radius 3 is 1.15 bits per heavy atom. The van der Waals surface area contributed by atoms with Crippen molar-refractivity contribution in [2.45, 2.75) is 183 Å². The lowest BCUT2D eigenvalue weighted by Crippen LogP contribution is -2.58. The summed E-state index contributed by atoms with van der Waals surface area (Å²) >= 11 is 0. The van der Waals surface area contributed by atoms with Gasteiger partial charge in [0.1, 0.15) is 43.9 Å². The van der Waals surface area contributed by atoms with E-state index in [0.717, 1.165) is 119 Å². The molecule has 2 saturated heterocycles.